The lowest BCUT2D eigenvalue weighted by molar-refractivity contribution is -0.0499. The first-order valence-electron chi connectivity index (χ1n) is 8.78. The standard InChI is InChI=1S/C20H19F2N3O4/c1-12(15-4-3-5-17(10-15)28-20(21)22)23-19(26)14-6-8-16(9-7-14)27-11-18-24-13(2)29-25-18/h3-10,12,20H,11H2,1-2H3,(H,23,26). The maximum absolute atomic E-state index is 12.4. The second-order valence-electron chi connectivity index (χ2n) is 6.19. The van der Waals surface area contributed by atoms with E-state index in [-0.39, 0.29) is 18.3 Å². The summed E-state index contributed by atoms with van der Waals surface area (Å²) in [6, 6.07) is 12.4. The van der Waals surface area contributed by atoms with Crippen LogP contribution in [0, 0.1) is 6.92 Å². The highest BCUT2D eigenvalue weighted by molar-refractivity contribution is 5.94. The van der Waals surface area contributed by atoms with E-state index in [1.807, 2.05) is 0 Å². The first-order chi connectivity index (χ1) is 13.9. The second-order valence-corrected chi connectivity index (χ2v) is 6.19. The minimum atomic E-state index is -2.90. The fraction of sp³-hybridized carbons (Fsp3) is 0.250. The number of alkyl halides is 2. The minimum Gasteiger partial charge on any atom is -0.485 e. The van der Waals surface area contributed by atoms with Gasteiger partial charge < -0.3 is 19.3 Å². The number of benzene rings is 2. The van der Waals surface area contributed by atoms with E-state index >= 15 is 0 Å². The summed E-state index contributed by atoms with van der Waals surface area (Å²) in [5, 5.41) is 6.55. The van der Waals surface area contributed by atoms with Crippen LogP contribution in [0.3, 0.4) is 0 Å². The number of nitrogens with zero attached hydrogens (tertiary/aromatic N) is 2. The molecule has 7 nitrogen and oxygen atoms in total. The van der Waals surface area contributed by atoms with Gasteiger partial charge in [-0.1, -0.05) is 17.3 Å². The van der Waals surface area contributed by atoms with Gasteiger partial charge in [0.2, 0.25) is 11.7 Å². The van der Waals surface area contributed by atoms with Gasteiger partial charge in [0.25, 0.3) is 5.91 Å². The van der Waals surface area contributed by atoms with Crippen LogP contribution in [0.1, 0.15) is 40.6 Å². The Bertz CT molecular complexity index is 960. The molecule has 0 spiro atoms. The van der Waals surface area contributed by atoms with Crippen molar-refractivity contribution in [1.82, 2.24) is 15.5 Å². The Labute approximate surface area is 165 Å². The van der Waals surface area contributed by atoms with Gasteiger partial charge in [-0.25, -0.2) is 0 Å². The van der Waals surface area contributed by atoms with Crippen molar-refractivity contribution in [3.05, 3.63) is 71.4 Å². The molecule has 0 aliphatic carbocycles. The van der Waals surface area contributed by atoms with Crippen LogP contribution in [0.4, 0.5) is 8.78 Å². The molecule has 3 aromatic rings. The van der Waals surface area contributed by atoms with E-state index in [0.29, 0.717) is 28.6 Å². The van der Waals surface area contributed by atoms with Crippen molar-refractivity contribution in [2.45, 2.75) is 33.1 Å². The van der Waals surface area contributed by atoms with Gasteiger partial charge in [0.15, 0.2) is 6.61 Å². The van der Waals surface area contributed by atoms with E-state index in [2.05, 4.69) is 20.2 Å². The number of aromatic nitrogens is 2. The zero-order chi connectivity index (χ0) is 20.8. The van der Waals surface area contributed by atoms with Crippen molar-refractivity contribution >= 4 is 5.91 Å². The summed E-state index contributed by atoms with van der Waals surface area (Å²) in [4.78, 5) is 16.5. The number of carbonyl (C=O) groups excluding carboxylic acids is 1. The van der Waals surface area contributed by atoms with Crippen LogP contribution in [0.2, 0.25) is 0 Å². The topological polar surface area (TPSA) is 86.5 Å². The van der Waals surface area contributed by atoms with Gasteiger partial charge >= 0.3 is 6.61 Å². The van der Waals surface area contributed by atoms with Crippen LogP contribution in [0.15, 0.2) is 53.1 Å². The summed E-state index contributed by atoms with van der Waals surface area (Å²) < 4.78 is 39.5. The molecule has 3 rings (SSSR count). The van der Waals surface area contributed by atoms with Gasteiger partial charge in [-0.15, -0.1) is 0 Å². The van der Waals surface area contributed by atoms with Crippen molar-refractivity contribution < 1.29 is 27.6 Å². The van der Waals surface area contributed by atoms with E-state index in [1.165, 1.54) is 12.1 Å². The third-order valence-corrected chi connectivity index (χ3v) is 3.98. The largest absolute Gasteiger partial charge is 0.485 e. The zero-order valence-electron chi connectivity index (χ0n) is 15.8. The average Bonchev–Trinajstić information content (AvgIpc) is 3.11. The van der Waals surface area contributed by atoms with Crippen LogP contribution >= 0.6 is 0 Å². The van der Waals surface area contributed by atoms with Crippen molar-refractivity contribution in [2.24, 2.45) is 0 Å². The molecule has 1 amide bonds. The number of amides is 1. The highest BCUT2D eigenvalue weighted by Crippen LogP contribution is 2.21. The van der Waals surface area contributed by atoms with Crippen LogP contribution in [-0.4, -0.2) is 22.7 Å². The lowest BCUT2D eigenvalue weighted by atomic mass is 10.1. The van der Waals surface area contributed by atoms with Crippen molar-refractivity contribution in [1.29, 1.82) is 0 Å². The molecule has 29 heavy (non-hydrogen) atoms. The molecule has 0 bridgehead atoms. The van der Waals surface area contributed by atoms with E-state index in [4.69, 9.17) is 9.26 Å². The molecule has 9 heteroatoms. The fourth-order valence-corrected chi connectivity index (χ4v) is 2.57. The van der Waals surface area contributed by atoms with Crippen LogP contribution < -0.4 is 14.8 Å². The van der Waals surface area contributed by atoms with E-state index < -0.39 is 12.7 Å². The first-order valence-corrected chi connectivity index (χ1v) is 8.78. The van der Waals surface area contributed by atoms with Crippen molar-refractivity contribution in [3.63, 3.8) is 0 Å². The predicted octanol–water partition coefficient (Wildman–Crippen LogP) is 4.05. The summed E-state index contributed by atoms with van der Waals surface area (Å²) in [5.41, 5.74) is 1.08. The molecule has 1 heterocycles. The molecule has 152 valence electrons. The van der Waals surface area contributed by atoms with E-state index in [1.54, 1.807) is 50.2 Å². The second kappa shape index (κ2) is 9.13. The minimum absolute atomic E-state index is 0.0388. The van der Waals surface area contributed by atoms with Gasteiger partial charge in [-0.3, -0.25) is 4.79 Å². The number of halogens is 2. The van der Waals surface area contributed by atoms with Crippen LogP contribution in [0.5, 0.6) is 11.5 Å². The summed E-state index contributed by atoms with van der Waals surface area (Å²) in [6.45, 7) is 0.688. The normalized spacial score (nSPS) is 11.9. The Morgan fingerprint density at radius 1 is 1.17 bits per heavy atom. The SMILES string of the molecule is Cc1nc(COc2ccc(C(=O)NC(C)c3cccc(OC(F)F)c3)cc2)no1. The summed E-state index contributed by atoms with van der Waals surface area (Å²) in [5.74, 6) is 1.16. The molecule has 0 fully saturated rings. The Hall–Kier alpha value is -3.49. The smallest absolute Gasteiger partial charge is 0.387 e. The summed E-state index contributed by atoms with van der Waals surface area (Å²) in [7, 11) is 0. The molecule has 0 saturated carbocycles. The Balaban J connectivity index is 1.57. The predicted molar refractivity (Wildman–Crippen MR) is 98.8 cm³/mol. The summed E-state index contributed by atoms with van der Waals surface area (Å²) in [6.07, 6.45) is 0. The molecular formula is C20H19F2N3O4. The number of hydrogen-bond donors (Lipinski definition) is 1. The van der Waals surface area contributed by atoms with Crippen LogP contribution in [-0.2, 0) is 6.61 Å². The molecule has 0 radical (unpaired) electrons. The highest BCUT2D eigenvalue weighted by Gasteiger charge is 2.13. The number of hydrogen-bond acceptors (Lipinski definition) is 6. The maximum Gasteiger partial charge on any atom is 0.387 e. The number of aryl methyl sites for hydroxylation is 1. The highest BCUT2D eigenvalue weighted by atomic mass is 19.3. The van der Waals surface area contributed by atoms with Crippen LogP contribution in [0.25, 0.3) is 0 Å². The van der Waals surface area contributed by atoms with Gasteiger partial charge in [0, 0.05) is 12.5 Å². The first kappa shape index (κ1) is 20.2. The zero-order valence-corrected chi connectivity index (χ0v) is 15.8. The number of ether oxygens (including phenoxy) is 2. The van der Waals surface area contributed by atoms with Gasteiger partial charge in [0.1, 0.15) is 11.5 Å². The molecule has 0 aliphatic heterocycles. The molecule has 0 saturated heterocycles. The molecular weight excluding hydrogens is 384 g/mol. The van der Waals surface area contributed by atoms with E-state index in [9.17, 15) is 13.6 Å². The van der Waals surface area contributed by atoms with Gasteiger partial charge in [-0.2, -0.15) is 13.8 Å². The molecule has 2 aromatic carbocycles. The Morgan fingerprint density at radius 2 is 1.93 bits per heavy atom. The number of rotatable bonds is 8. The number of carbonyl (C=O) groups is 1. The lowest BCUT2D eigenvalue weighted by Gasteiger charge is -2.16. The van der Waals surface area contributed by atoms with E-state index in [0.717, 1.165) is 0 Å². The Morgan fingerprint density at radius 3 is 2.59 bits per heavy atom. The average molecular weight is 403 g/mol. The third kappa shape index (κ3) is 5.74. The van der Waals surface area contributed by atoms with Gasteiger partial charge in [0.05, 0.1) is 6.04 Å². The maximum atomic E-state index is 12.4. The third-order valence-electron chi connectivity index (χ3n) is 3.98. The lowest BCUT2D eigenvalue weighted by Crippen LogP contribution is -2.26. The molecule has 1 N–H and O–H groups in total. The molecule has 1 atom stereocenters. The fourth-order valence-electron chi connectivity index (χ4n) is 2.57. The number of nitrogens with one attached hydrogen (secondary N) is 1. The van der Waals surface area contributed by atoms with Crippen molar-refractivity contribution in [2.75, 3.05) is 0 Å². The monoisotopic (exact) mass is 403 g/mol. The molecule has 1 aromatic heterocycles. The Kier molecular flexibility index (Phi) is 6.38. The summed E-state index contributed by atoms with van der Waals surface area (Å²) >= 11 is 0. The molecule has 1 unspecified atom stereocenters. The van der Waals surface area contributed by atoms with Crippen molar-refractivity contribution in [3.8, 4) is 11.5 Å². The molecule has 0 aliphatic rings. The quantitative estimate of drug-likeness (QED) is 0.611. The van der Waals surface area contributed by atoms with Gasteiger partial charge in [-0.05, 0) is 48.9 Å².